The fourth-order valence-corrected chi connectivity index (χ4v) is 1.43. The van der Waals surface area contributed by atoms with Crippen LogP contribution in [0, 0.1) is 0 Å². The third kappa shape index (κ3) is 2.20. The van der Waals surface area contributed by atoms with Crippen LogP contribution in [0.25, 0.3) is 0 Å². The van der Waals surface area contributed by atoms with Crippen LogP contribution in [-0.2, 0) is 0 Å². The quantitative estimate of drug-likeness (QED) is 0.757. The van der Waals surface area contributed by atoms with E-state index >= 15 is 0 Å². The maximum absolute atomic E-state index is 9.26. The second-order valence-corrected chi connectivity index (χ2v) is 3.95. The number of rotatable bonds is 2. The summed E-state index contributed by atoms with van der Waals surface area (Å²) >= 11 is 0. The molecule has 2 nitrogen and oxygen atoms in total. The van der Waals surface area contributed by atoms with Crippen LogP contribution in [0.3, 0.4) is 0 Å². The van der Waals surface area contributed by atoms with E-state index in [1.54, 1.807) is 6.07 Å². The molecule has 0 unspecified atom stereocenters. The Morgan fingerprint density at radius 2 is 1.69 bits per heavy atom. The molecule has 0 saturated heterocycles. The minimum atomic E-state index is 0.119. The molecule has 0 bridgehead atoms. The number of hydrogen-bond donors (Lipinski definition) is 1. The van der Waals surface area contributed by atoms with Crippen molar-refractivity contribution in [1.82, 2.24) is 4.98 Å². The van der Waals surface area contributed by atoms with E-state index in [2.05, 4.69) is 32.7 Å². The minimum absolute atomic E-state index is 0.119. The van der Waals surface area contributed by atoms with Gasteiger partial charge in [-0.1, -0.05) is 33.8 Å². The molecule has 0 spiro atoms. The van der Waals surface area contributed by atoms with E-state index in [9.17, 15) is 5.11 Å². The van der Waals surface area contributed by atoms with E-state index in [1.807, 2.05) is 6.07 Å². The number of aromatic hydroxyl groups is 1. The Kier molecular flexibility index (Phi) is 2.91. The smallest absolute Gasteiger partial charge is 0.210 e. The molecule has 1 aromatic rings. The first-order valence-corrected chi connectivity index (χ1v) is 4.72. The zero-order chi connectivity index (χ0) is 10.0. The summed E-state index contributed by atoms with van der Waals surface area (Å²) in [5.41, 5.74) is 2.24. The van der Waals surface area contributed by atoms with Gasteiger partial charge in [0.25, 0.3) is 0 Å². The summed E-state index contributed by atoms with van der Waals surface area (Å²) in [4.78, 5) is 4.15. The van der Waals surface area contributed by atoms with Crippen LogP contribution in [0.15, 0.2) is 12.1 Å². The zero-order valence-electron chi connectivity index (χ0n) is 8.70. The lowest BCUT2D eigenvalue weighted by Gasteiger charge is -2.14. The van der Waals surface area contributed by atoms with Gasteiger partial charge in [0.15, 0.2) is 0 Å². The van der Waals surface area contributed by atoms with Crippen molar-refractivity contribution >= 4 is 0 Å². The van der Waals surface area contributed by atoms with Gasteiger partial charge >= 0.3 is 0 Å². The summed E-state index contributed by atoms with van der Waals surface area (Å²) in [6.45, 7) is 8.46. The SMILES string of the molecule is CC(C)c1ccc(O)nc1C(C)C. The van der Waals surface area contributed by atoms with Crippen molar-refractivity contribution in [2.45, 2.75) is 39.5 Å². The third-order valence-electron chi connectivity index (χ3n) is 2.11. The molecule has 1 rings (SSSR count). The Bertz CT molecular complexity index is 292. The first-order chi connectivity index (χ1) is 6.02. The van der Waals surface area contributed by atoms with Crippen molar-refractivity contribution in [2.75, 3.05) is 0 Å². The van der Waals surface area contributed by atoms with E-state index < -0.39 is 0 Å². The number of hydrogen-bond acceptors (Lipinski definition) is 2. The van der Waals surface area contributed by atoms with Gasteiger partial charge in [-0.3, -0.25) is 0 Å². The van der Waals surface area contributed by atoms with Crippen LogP contribution >= 0.6 is 0 Å². The summed E-state index contributed by atoms with van der Waals surface area (Å²) in [7, 11) is 0. The van der Waals surface area contributed by atoms with Gasteiger partial charge in [-0.2, -0.15) is 0 Å². The second-order valence-electron chi connectivity index (χ2n) is 3.95. The van der Waals surface area contributed by atoms with Crippen LogP contribution in [0.5, 0.6) is 5.88 Å². The lowest BCUT2D eigenvalue weighted by atomic mass is 9.96. The maximum atomic E-state index is 9.26. The topological polar surface area (TPSA) is 33.1 Å². The standard InChI is InChI=1S/C11H17NO/c1-7(2)9-5-6-10(13)12-11(9)8(3)4/h5-8H,1-4H3,(H,12,13). The highest BCUT2D eigenvalue weighted by Gasteiger charge is 2.11. The van der Waals surface area contributed by atoms with E-state index in [4.69, 9.17) is 0 Å². The molecule has 1 N–H and O–H groups in total. The molecule has 1 heterocycles. The van der Waals surface area contributed by atoms with Gasteiger partial charge in [-0.15, -0.1) is 0 Å². The fourth-order valence-electron chi connectivity index (χ4n) is 1.43. The summed E-state index contributed by atoms with van der Waals surface area (Å²) in [5, 5.41) is 9.26. The molecule has 0 aliphatic carbocycles. The summed E-state index contributed by atoms with van der Waals surface area (Å²) in [6, 6.07) is 3.61. The van der Waals surface area contributed by atoms with Gasteiger partial charge in [-0.05, 0) is 17.4 Å². The van der Waals surface area contributed by atoms with Crippen LogP contribution in [0.1, 0.15) is 50.8 Å². The van der Waals surface area contributed by atoms with E-state index in [1.165, 1.54) is 5.56 Å². The molecule has 0 radical (unpaired) electrons. The molecule has 0 amide bonds. The van der Waals surface area contributed by atoms with Gasteiger partial charge in [0, 0.05) is 6.07 Å². The molecule has 0 atom stereocenters. The molecular formula is C11H17NO. The normalized spacial score (nSPS) is 11.2. The van der Waals surface area contributed by atoms with Crippen molar-refractivity contribution in [3.63, 3.8) is 0 Å². The molecule has 13 heavy (non-hydrogen) atoms. The average Bonchev–Trinajstić information content (AvgIpc) is 2.03. The molecule has 0 aliphatic rings. The summed E-state index contributed by atoms with van der Waals surface area (Å²) < 4.78 is 0. The predicted octanol–water partition coefficient (Wildman–Crippen LogP) is 3.03. The van der Waals surface area contributed by atoms with Gasteiger partial charge in [0.05, 0.1) is 5.69 Å². The van der Waals surface area contributed by atoms with Crippen molar-refractivity contribution in [3.8, 4) is 5.88 Å². The Balaban J connectivity index is 3.19. The maximum Gasteiger partial charge on any atom is 0.210 e. The second kappa shape index (κ2) is 3.77. The third-order valence-corrected chi connectivity index (χ3v) is 2.11. The summed E-state index contributed by atoms with van der Waals surface area (Å²) in [6.07, 6.45) is 0. The van der Waals surface area contributed by atoms with Crippen molar-refractivity contribution in [3.05, 3.63) is 23.4 Å². The highest BCUT2D eigenvalue weighted by molar-refractivity contribution is 5.29. The van der Waals surface area contributed by atoms with E-state index in [0.29, 0.717) is 11.8 Å². The van der Waals surface area contributed by atoms with Crippen LogP contribution in [0.2, 0.25) is 0 Å². The predicted molar refractivity (Wildman–Crippen MR) is 54.1 cm³/mol. The average molecular weight is 179 g/mol. The fraction of sp³-hybridized carbons (Fsp3) is 0.545. The minimum Gasteiger partial charge on any atom is -0.493 e. The molecule has 2 heteroatoms. The Morgan fingerprint density at radius 1 is 1.08 bits per heavy atom. The van der Waals surface area contributed by atoms with Crippen molar-refractivity contribution in [2.24, 2.45) is 0 Å². The molecule has 0 aromatic carbocycles. The van der Waals surface area contributed by atoms with Crippen molar-refractivity contribution in [1.29, 1.82) is 0 Å². The number of nitrogens with zero attached hydrogens (tertiary/aromatic N) is 1. The van der Waals surface area contributed by atoms with Gasteiger partial charge in [-0.25, -0.2) is 4.98 Å². The Labute approximate surface area is 79.6 Å². The molecule has 0 saturated carbocycles. The van der Waals surface area contributed by atoms with E-state index in [0.717, 1.165) is 5.69 Å². The van der Waals surface area contributed by atoms with Crippen LogP contribution < -0.4 is 0 Å². The zero-order valence-corrected chi connectivity index (χ0v) is 8.70. The lowest BCUT2D eigenvalue weighted by molar-refractivity contribution is 0.448. The highest BCUT2D eigenvalue weighted by Crippen LogP contribution is 2.25. The van der Waals surface area contributed by atoms with Gasteiger partial charge in [0.2, 0.25) is 5.88 Å². The molecule has 0 fully saturated rings. The molecule has 72 valence electrons. The van der Waals surface area contributed by atoms with Gasteiger partial charge < -0.3 is 5.11 Å². The summed E-state index contributed by atoms with van der Waals surface area (Å²) in [5.74, 6) is 0.947. The largest absolute Gasteiger partial charge is 0.493 e. The molecular weight excluding hydrogens is 162 g/mol. The molecule has 1 aromatic heterocycles. The first-order valence-electron chi connectivity index (χ1n) is 4.72. The highest BCUT2D eigenvalue weighted by atomic mass is 16.3. The molecule has 0 aliphatic heterocycles. The number of pyridine rings is 1. The Hall–Kier alpha value is -1.05. The monoisotopic (exact) mass is 179 g/mol. The van der Waals surface area contributed by atoms with Crippen molar-refractivity contribution < 1.29 is 5.11 Å². The van der Waals surface area contributed by atoms with Crippen LogP contribution in [0.4, 0.5) is 0 Å². The van der Waals surface area contributed by atoms with E-state index in [-0.39, 0.29) is 5.88 Å². The lowest BCUT2D eigenvalue weighted by Crippen LogP contribution is -2.01. The first kappa shape index (κ1) is 10.0. The van der Waals surface area contributed by atoms with Crippen LogP contribution in [-0.4, -0.2) is 10.1 Å². The number of aromatic nitrogens is 1. The Morgan fingerprint density at radius 3 is 2.15 bits per heavy atom. The van der Waals surface area contributed by atoms with Gasteiger partial charge in [0.1, 0.15) is 0 Å².